The lowest BCUT2D eigenvalue weighted by atomic mass is 10.1. The van der Waals surface area contributed by atoms with E-state index < -0.39 is 0 Å². The number of nitrogens with zero attached hydrogens (tertiary/aromatic N) is 2. The Balaban J connectivity index is 1.55. The van der Waals surface area contributed by atoms with Crippen molar-refractivity contribution in [2.24, 2.45) is 5.10 Å². The van der Waals surface area contributed by atoms with E-state index in [1.54, 1.807) is 0 Å². The van der Waals surface area contributed by atoms with Crippen molar-refractivity contribution < 1.29 is 0 Å². The molecule has 1 aliphatic rings. The molecule has 1 aromatic heterocycles. The van der Waals surface area contributed by atoms with Crippen molar-refractivity contribution in [1.82, 2.24) is 9.97 Å². The molecule has 0 fully saturated rings. The van der Waals surface area contributed by atoms with Gasteiger partial charge in [0.15, 0.2) is 0 Å². The Hall–Kier alpha value is -2.62. The maximum atomic E-state index is 4.48. The Morgan fingerprint density at radius 1 is 0.950 bits per heavy atom. The predicted molar refractivity (Wildman–Crippen MR) is 81.0 cm³/mol. The van der Waals surface area contributed by atoms with Gasteiger partial charge in [-0.15, -0.1) is 0 Å². The van der Waals surface area contributed by atoms with Crippen LogP contribution >= 0.6 is 0 Å². The number of aromatic amines is 1. The standard InChI is InChI=1S/C16H14N4/c1-2-6-12-10-13(9-11(12)5-1)19-20-16-17-14-7-3-4-8-15(14)18-16/h1-8H,9-10H2,(H2,17,18,20). The molecular weight excluding hydrogens is 248 g/mol. The summed E-state index contributed by atoms with van der Waals surface area (Å²) in [6, 6.07) is 16.4. The van der Waals surface area contributed by atoms with E-state index in [-0.39, 0.29) is 0 Å². The van der Waals surface area contributed by atoms with Crippen LogP contribution in [0.25, 0.3) is 11.0 Å². The predicted octanol–water partition coefficient (Wildman–Crippen LogP) is 3.13. The highest BCUT2D eigenvalue weighted by Crippen LogP contribution is 2.20. The number of benzene rings is 2. The first-order valence-electron chi connectivity index (χ1n) is 6.71. The molecule has 4 heteroatoms. The molecule has 0 atom stereocenters. The number of aromatic nitrogens is 2. The number of H-pyrrole nitrogens is 1. The third kappa shape index (κ3) is 1.95. The van der Waals surface area contributed by atoms with Gasteiger partial charge in [-0.1, -0.05) is 36.4 Å². The van der Waals surface area contributed by atoms with Gasteiger partial charge in [0.2, 0.25) is 5.95 Å². The molecule has 0 bridgehead atoms. The maximum absolute atomic E-state index is 4.48. The number of hydrazone groups is 1. The zero-order valence-electron chi connectivity index (χ0n) is 10.9. The summed E-state index contributed by atoms with van der Waals surface area (Å²) in [6.07, 6.45) is 1.84. The van der Waals surface area contributed by atoms with E-state index in [1.807, 2.05) is 24.3 Å². The van der Waals surface area contributed by atoms with Gasteiger partial charge in [-0.05, 0) is 23.3 Å². The maximum Gasteiger partial charge on any atom is 0.222 e. The molecule has 0 aliphatic heterocycles. The summed E-state index contributed by atoms with van der Waals surface area (Å²) in [6.45, 7) is 0. The molecule has 20 heavy (non-hydrogen) atoms. The van der Waals surface area contributed by atoms with Crippen LogP contribution in [0.2, 0.25) is 0 Å². The van der Waals surface area contributed by atoms with E-state index in [9.17, 15) is 0 Å². The van der Waals surface area contributed by atoms with Gasteiger partial charge in [0.05, 0.1) is 11.0 Å². The third-order valence-electron chi connectivity index (χ3n) is 3.62. The van der Waals surface area contributed by atoms with E-state index in [0.717, 1.165) is 29.6 Å². The van der Waals surface area contributed by atoms with Crippen molar-refractivity contribution >= 4 is 22.7 Å². The van der Waals surface area contributed by atoms with Crippen LogP contribution in [0.3, 0.4) is 0 Å². The largest absolute Gasteiger partial charge is 0.323 e. The first-order chi connectivity index (χ1) is 9.88. The normalized spacial score (nSPS) is 13.5. The van der Waals surface area contributed by atoms with Gasteiger partial charge in [0, 0.05) is 18.6 Å². The molecule has 0 unspecified atom stereocenters. The van der Waals surface area contributed by atoms with Crippen molar-refractivity contribution in [3.8, 4) is 0 Å². The van der Waals surface area contributed by atoms with Crippen LogP contribution in [-0.2, 0) is 12.8 Å². The highest BCUT2D eigenvalue weighted by atomic mass is 15.4. The van der Waals surface area contributed by atoms with Crippen molar-refractivity contribution in [3.63, 3.8) is 0 Å². The van der Waals surface area contributed by atoms with E-state index >= 15 is 0 Å². The van der Waals surface area contributed by atoms with E-state index in [4.69, 9.17) is 0 Å². The Morgan fingerprint density at radius 2 is 1.65 bits per heavy atom. The Morgan fingerprint density at radius 3 is 2.40 bits per heavy atom. The number of fused-ring (bicyclic) bond motifs is 2. The number of hydrogen-bond acceptors (Lipinski definition) is 3. The van der Waals surface area contributed by atoms with Crippen LogP contribution in [0.1, 0.15) is 11.1 Å². The SMILES string of the molecule is c1ccc2c(c1)CC(=NNc1nc3ccccc3[nH]1)C2. The highest BCUT2D eigenvalue weighted by molar-refractivity contribution is 5.93. The van der Waals surface area contributed by atoms with Crippen LogP contribution in [-0.4, -0.2) is 15.7 Å². The summed E-state index contributed by atoms with van der Waals surface area (Å²) in [5.41, 5.74) is 8.89. The van der Waals surface area contributed by atoms with E-state index in [2.05, 4.69) is 44.8 Å². The fourth-order valence-electron chi connectivity index (χ4n) is 2.62. The van der Waals surface area contributed by atoms with Gasteiger partial charge in [-0.25, -0.2) is 10.4 Å². The first-order valence-corrected chi connectivity index (χ1v) is 6.71. The van der Waals surface area contributed by atoms with Crippen LogP contribution in [0.15, 0.2) is 53.6 Å². The molecule has 0 spiro atoms. The fraction of sp³-hybridized carbons (Fsp3) is 0.125. The van der Waals surface area contributed by atoms with E-state index in [1.165, 1.54) is 11.1 Å². The lowest BCUT2D eigenvalue weighted by Gasteiger charge is -1.96. The topological polar surface area (TPSA) is 53.1 Å². The molecule has 1 heterocycles. The Bertz CT molecular complexity index is 741. The van der Waals surface area contributed by atoms with Crippen LogP contribution in [0, 0.1) is 0 Å². The first kappa shape index (κ1) is 11.2. The van der Waals surface area contributed by atoms with Gasteiger partial charge in [0.1, 0.15) is 0 Å². The minimum absolute atomic E-state index is 0.689. The smallest absolute Gasteiger partial charge is 0.222 e. The lowest BCUT2D eigenvalue weighted by Crippen LogP contribution is -2.02. The van der Waals surface area contributed by atoms with Crippen molar-refractivity contribution in [3.05, 3.63) is 59.7 Å². The molecule has 4 nitrogen and oxygen atoms in total. The van der Waals surface area contributed by atoms with Gasteiger partial charge < -0.3 is 4.98 Å². The molecular formula is C16H14N4. The molecule has 0 radical (unpaired) electrons. The Kier molecular flexibility index (Phi) is 2.52. The van der Waals surface area contributed by atoms with Crippen LogP contribution < -0.4 is 5.43 Å². The van der Waals surface area contributed by atoms with Gasteiger partial charge in [0.25, 0.3) is 0 Å². The number of imidazole rings is 1. The van der Waals surface area contributed by atoms with Gasteiger partial charge in [-0.2, -0.15) is 5.10 Å². The summed E-state index contributed by atoms with van der Waals surface area (Å²) in [7, 11) is 0. The minimum Gasteiger partial charge on any atom is -0.323 e. The highest BCUT2D eigenvalue weighted by Gasteiger charge is 2.15. The van der Waals surface area contributed by atoms with Crippen LogP contribution in [0.4, 0.5) is 5.95 Å². The summed E-state index contributed by atoms with van der Waals surface area (Å²) < 4.78 is 0. The van der Waals surface area contributed by atoms with E-state index in [0.29, 0.717) is 5.95 Å². The summed E-state index contributed by atoms with van der Waals surface area (Å²) in [5, 5.41) is 4.48. The molecule has 4 rings (SSSR count). The quantitative estimate of drug-likeness (QED) is 0.697. The van der Waals surface area contributed by atoms with Gasteiger partial charge >= 0.3 is 0 Å². The number of nitrogens with one attached hydrogen (secondary N) is 2. The van der Waals surface area contributed by atoms with Crippen molar-refractivity contribution in [2.45, 2.75) is 12.8 Å². The lowest BCUT2D eigenvalue weighted by molar-refractivity contribution is 1.18. The molecule has 3 aromatic rings. The fourth-order valence-corrected chi connectivity index (χ4v) is 2.62. The van der Waals surface area contributed by atoms with Crippen molar-refractivity contribution in [1.29, 1.82) is 0 Å². The summed E-state index contributed by atoms with van der Waals surface area (Å²) >= 11 is 0. The molecule has 0 saturated heterocycles. The number of hydrogen-bond donors (Lipinski definition) is 2. The minimum atomic E-state index is 0.689. The molecule has 0 amide bonds. The average molecular weight is 262 g/mol. The van der Waals surface area contributed by atoms with Crippen molar-refractivity contribution in [2.75, 3.05) is 5.43 Å². The molecule has 2 N–H and O–H groups in total. The number of para-hydroxylation sites is 2. The second-order valence-electron chi connectivity index (χ2n) is 5.01. The average Bonchev–Trinajstić information content (AvgIpc) is 3.07. The second-order valence-corrected chi connectivity index (χ2v) is 5.01. The Labute approximate surface area is 116 Å². The molecule has 1 aliphatic carbocycles. The number of rotatable bonds is 2. The molecule has 2 aromatic carbocycles. The second kappa shape index (κ2) is 4.49. The third-order valence-corrected chi connectivity index (χ3v) is 3.62. The summed E-state index contributed by atoms with van der Waals surface area (Å²) in [5.74, 6) is 0.689. The zero-order valence-corrected chi connectivity index (χ0v) is 10.9. The molecule has 0 saturated carbocycles. The summed E-state index contributed by atoms with van der Waals surface area (Å²) in [4.78, 5) is 7.66. The van der Waals surface area contributed by atoms with Crippen LogP contribution in [0.5, 0.6) is 0 Å². The zero-order chi connectivity index (χ0) is 13.4. The van der Waals surface area contributed by atoms with Gasteiger partial charge in [-0.3, -0.25) is 0 Å². The monoisotopic (exact) mass is 262 g/mol. The number of anilines is 1. The molecule has 98 valence electrons.